The molecule has 0 N–H and O–H groups in total. The van der Waals surface area contributed by atoms with E-state index in [1.807, 2.05) is 14.0 Å². The number of pyridine rings is 1. The summed E-state index contributed by atoms with van der Waals surface area (Å²) in [5, 5.41) is 0. The number of carbonyl (C=O) groups is 1. The molecule has 0 radical (unpaired) electrons. The van der Waals surface area contributed by atoms with Gasteiger partial charge in [-0.25, -0.2) is 12.7 Å². The molecular formula is C21H34N4O4S. The number of sulfonamides is 1. The Kier molecular flexibility index (Phi) is 7.84. The molecular weight excluding hydrogens is 404 g/mol. The second kappa shape index (κ2) is 10.2. The van der Waals surface area contributed by atoms with Gasteiger partial charge in [0.05, 0.1) is 6.26 Å². The van der Waals surface area contributed by atoms with E-state index in [2.05, 4.69) is 9.88 Å². The minimum absolute atomic E-state index is 0.0196. The quantitative estimate of drug-likeness (QED) is 0.639. The van der Waals surface area contributed by atoms with Crippen LogP contribution in [0.4, 0.5) is 0 Å². The topological polar surface area (TPSA) is 83.0 Å². The molecule has 0 aromatic carbocycles. The fourth-order valence-electron chi connectivity index (χ4n) is 4.44. The molecule has 1 unspecified atom stereocenters. The number of amides is 1. The molecule has 2 aliphatic heterocycles. The summed E-state index contributed by atoms with van der Waals surface area (Å²) >= 11 is 0. The Morgan fingerprint density at radius 1 is 1.23 bits per heavy atom. The van der Waals surface area contributed by atoms with E-state index in [0.29, 0.717) is 31.2 Å². The van der Waals surface area contributed by atoms with E-state index in [1.54, 1.807) is 27.5 Å². The van der Waals surface area contributed by atoms with Crippen LogP contribution in [0.5, 0.6) is 0 Å². The summed E-state index contributed by atoms with van der Waals surface area (Å²) in [5.74, 6) is -0.0196. The van der Waals surface area contributed by atoms with Crippen molar-refractivity contribution in [2.75, 3.05) is 52.7 Å². The number of rotatable bonds is 7. The number of carbonyl (C=O) groups excluding carboxylic acids is 1. The van der Waals surface area contributed by atoms with Gasteiger partial charge >= 0.3 is 0 Å². The van der Waals surface area contributed by atoms with Gasteiger partial charge in [0, 0.05) is 76.0 Å². The summed E-state index contributed by atoms with van der Waals surface area (Å²) in [4.78, 5) is 21.2. The molecule has 3 heterocycles. The van der Waals surface area contributed by atoms with Crippen molar-refractivity contribution < 1.29 is 17.9 Å². The standard InChI is InChI=1S/C21H34N4O4S/c1-17-15-18(6-9-22-17)21(26)23(2)11-12-25(19-7-13-29-14-8-19)20-5-4-10-24(16-20)30(3,27)28/h6,9,15,19-20H,4-5,7-8,10-14,16H2,1-3H3. The fourth-order valence-corrected chi connectivity index (χ4v) is 5.34. The molecule has 0 aliphatic carbocycles. The minimum atomic E-state index is -3.20. The zero-order valence-electron chi connectivity index (χ0n) is 18.3. The van der Waals surface area contributed by atoms with Gasteiger partial charge in [-0.2, -0.15) is 0 Å². The zero-order valence-corrected chi connectivity index (χ0v) is 19.1. The van der Waals surface area contributed by atoms with Gasteiger partial charge in [0.15, 0.2) is 0 Å². The molecule has 0 bridgehead atoms. The molecule has 8 nitrogen and oxygen atoms in total. The summed E-state index contributed by atoms with van der Waals surface area (Å²) in [6, 6.07) is 4.08. The van der Waals surface area contributed by atoms with Gasteiger partial charge in [-0.15, -0.1) is 0 Å². The molecule has 168 valence electrons. The molecule has 0 saturated carbocycles. The Morgan fingerprint density at radius 2 is 1.97 bits per heavy atom. The summed E-state index contributed by atoms with van der Waals surface area (Å²) in [6.45, 7) is 5.77. The molecule has 3 rings (SSSR count). The number of hydrogen-bond donors (Lipinski definition) is 0. The van der Waals surface area contributed by atoms with E-state index in [9.17, 15) is 13.2 Å². The second-order valence-electron chi connectivity index (χ2n) is 8.41. The highest BCUT2D eigenvalue weighted by Gasteiger charge is 2.34. The first-order valence-corrected chi connectivity index (χ1v) is 12.6. The predicted molar refractivity (Wildman–Crippen MR) is 116 cm³/mol. The molecule has 1 aromatic rings. The van der Waals surface area contributed by atoms with E-state index < -0.39 is 10.0 Å². The van der Waals surface area contributed by atoms with Crippen molar-refractivity contribution in [3.8, 4) is 0 Å². The van der Waals surface area contributed by atoms with Crippen molar-refractivity contribution in [2.24, 2.45) is 0 Å². The van der Waals surface area contributed by atoms with Gasteiger partial charge in [0.1, 0.15) is 0 Å². The molecule has 1 aromatic heterocycles. The molecule has 2 fully saturated rings. The van der Waals surface area contributed by atoms with Gasteiger partial charge in [-0.3, -0.25) is 14.7 Å². The largest absolute Gasteiger partial charge is 0.381 e. The lowest BCUT2D eigenvalue weighted by Crippen LogP contribution is -2.55. The highest BCUT2D eigenvalue weighted by atomic mass is 32.2. The lowest BCUT2D eigenvalue weighted by Gasteiger charge is -2.44. The Morgan fingerprint density at radius 3 is 2.63 bits per heavy atom. The van der Waals surface area contributed by atoms with Crippen molar-refractivity contribution >= 4 is 15.9 Å². The Bertz CT molecular complexity index is 826. The van der Waals surface area contributed by atoms with Crippen LogP contribution in [0.25, 0.3) is 0 Å². The summed E-state index contributed by atoms with van der Waals surface area (Å²) < 4.78 is 31.3. The highest BCUT2D eigenvalue weighted by molar-refractivity contribution is 7.88. The van der Waals surface area contributed by atoms with Crippen molar-refractivity contribution in [2.45, 2.75) is 44.7 Å². The third-order valence-corrected chi connectivity index (χ3v) is 7.41. The third-order valence-electron chi connectivity index (χ3n) is 6.14. The minimum Gasteiger partial charge on any atom is -0.381 e. The summed E-state index contributed by atoms with van der Waals surface area (Å²) in [7, 11) is -1.37. The van der Waals surface area contributed by atoms with Crippen LogP contribution in [-0.2, 0) is 14.8 Å². The van der Waals surface area contributed by atoms with E-state index >= 15 is 0 Å². The average molecular weight is 439 g/mol. The molecule has 2 aliphatic rings. The van der Waals surface area contributed by atoms with Crippen molar-refractivity contribution in [1.82, 2.24) is 19.1 Å². The van der Waals surface area contributed by atoms with Gasteiger partial charge in [-0.1, -0.05) is 0 Å². The maximum atomic E-state index is 12.8. The number of piperidine rings is 1. The first kappa shape index (κ1) is 23.1. The van der Waals surface area contributed by atoms with E-state index in [0.717, 1.165) is 51.1 Å². The van der Waals surface area contributed by atoms with Gasteiger partial charge < -0.3 is 9.64 Å². The van der Waals surface area contributed by atoms with Crippen LogP contribution in [0.3, 0.4) is 0 Å². The number of nitrogens with zero attached hydrogens (tertiary/aromatic N) is 4. The van der Waals surface area contributed by atoms with Crippen LogP contribution in [0, 0.1) is 6.92 Å². The van der Waals surface area contributed by atoms with Crippen LogP contribution in [-0.4, -0.2) is 98.2 Å². The molecule has 0 spiro atoms. The summed E-state index contributed by atoms with van der Waals surface area (Å²) in [6.07, 6.45) is 6.67. The number of aryl methyl sites for hydroxylation is 1. The average Bonchev–Trinajstić information content (AvgIpc) is 2.73. The van der Waals surface area contributed by atoms with E-state index in [-0.39, 0.29) is 11.9 Å². The maximum Gasteiger partial charge on any atom is 0.253 e. The first-order valence-electron chi connectivity index (χ1n) is 10.7. The maximum absolute atomic E-state index is 12.8. The fraction of sp³-hybridized carbons (Fsp3) is 0.714. The third kappa shape index (κ3) is 6.00. The lowest BCUT2D eigenvalue weighted by atomic mass is 9.99. The SMILES string of the molecule is Cc1cc(C(=O)N(C)CCN(C2CCOCC2)C2CCCN(S(C)(=O)=O)C2)ccn1. The number of hydrogen-bond acceptors (Lipinski definition) is 6. The van der Waals surface area contributed by atoms with Crippen LogP contribution < -0.4 is 0 Å². The van der Waals surface area contributed by atoms with Gasteiger partial charge in [0.2, 0.25) is 10.0 Å². The van der Waals surface area contributed by atoms with Crippen LogP contribution in [0.15, 0.2) is 18.3 Å². The van der Waals surface area contributed by atoms with Gasteiger partial charge in [-0.05, 0) is 44.7 Å². The van der Waals surface area contributed by atoms with E-state index in [4.69, 9.17) is 4.74 Å². The number of ether oxygens (including phenoxy) is 1. The summed E-state index contributed by atoms with van der Waals surface area (Å²) in [5.41, 5.74) is 1.46. The van der Waals surface area contributed by atoms with Crippen molar-refractivity contribution in [1.29, 1.82) is 0 Å². The zero-order chi connectivity index (χ0) is 21.7. The first-order chi connectivity index (χ1) is 14.3. The van der Waals surface area contributed by atoms with Crippen molar-refractivity contribution in [3.63, 3.8) is 0 Å². The Hall–Kier alpha value is -1.55. The highest BCUT2D eigenvalue weighted by Crippen LogP contribution is 2.24. The number of aromatic nitrogens is 1. The molecule has 1 atom stereocenters. The molecule has 2 saturated heterocycles. The molecule has 9 heteroatoms. The monoisotopic (exact) mass is 438 g/mol. The van der Waals surface area contributed by atoms with E-state index in [1.165, 1.54) is 6.26 Å². The lowest BCUT2D eigenvalue weighted by molar-refractivity contribution is 0.00319. The molecule has 1 amide bonds. The van der Waals surface area contributed by atoms with Crippen LogP contribution >= 0.6 is 0 Å². The molecule has 30 heavy (non-hydrogen) atoms. The predicted octanol–water partition coefficient (Wildman–Crippen LogP) is 1.37. The van der Waals surface area contributed by atoms with Crippen LogP contribution in [0.1, 0.15) is 41.7 Å². The van der Waals surface area contributed by atoms with Gasteiger partial charge in [0.25, 0.3) is 5.91 Å². The smallest absolute Gasteiger partial charge is 0.253 e. The normalized spacial score (nSPS) is 21.7. The number of likely N-dealkylation sites (N-methyl/N-ethyl adjacent to an activating group) is 1. The van der Waals surface area contributed by atoms with Crippen molar-refractivity contribution in [3.05, 3.63) is 29.6 Å². The second-order valence-corrected chi connectivity index (χ2v) is 10.4. The Balaban J connectivity index is 1.69. The van der Waals surface area contributed by atoms with Crippen LogP contribution in [0.2, 0.25) is 0 Å². The Labute approximate surface area is 180 Å².